The first kappa shape index (κ1) is 24.4. The summed E-state index contributed by atoms with van der Waals surface area (Å²) in [6.45, 7) is 4.12. The van der Waals surface area contributed by atoms with E-state index in [1.54, 1.807) is 55.8 Å². The molecule has 0 aliphatic heterocycles. The zero-order valence-electron chi connectivity index (χ0n) is 19.3. The zero-order chi connectivity index (χ0) is 24.3. The molecule has 9 heteroatoms. The van der Waals surface area contributed by atoms with Gasteiger partial charge in [0, 0.05) is 12.3 Å². The van der Waals surface area contributed by atoms with E-state index in [0.717, 1.165) is 0 Å². The molecule has 0 unspecified atom stereocenters. The molecule has 0 bridgehead atoms. The third kappa shape index (κ3) is 6.38. The number of aromatic nitrogens is 1. The number of pyridine rings is 1. The number of hydrogen-bond acceptors (Lipinski definition) is 8. The lowest BCUT2D eigenvalue weighted by atomic mass is 10.2. The van der Waals surface area contributed by atoms with Crippen molar-refractivity contribution in [3.8, 4) is 17.2 Å². The second-order valence-corrected chi connectivity index (χ2v) is 6.87. The highest BCUT2D eigenvalue weighted by molar-refractivity contribution is 5.99. The lowest BCUT2D eigenvalue weighted by Crippen LogP contribution is -2.22. The molecule has 3 aromatic rings. The SMILES string of the molecule is CCOc1ccc(OCC)c(NC(=O)COC(=O)c2cccnc2Nc2ccccc2OC)c1. The van der Waals surface area contributed by atoms with Gasteiger partial charge in [0.25, 0.3) is 5.91 Å². The summed E-state index contributed by atoms with van der Waals surface area (Å²) in [6.07, 6.45) is 1.54. The van der Waals surface area contributed by atoms with Gasteiger partial charge in [-0.2, -0.15) is 0 Å². The summed E-state index contributed by atoms with van der Waals surface area (Å²) in [5.74, 6) is 0.716. The Morgan fingerprint density at radius 2 is 1.71 bits per heavy atom. The molecule has 0 radical (unpaired) electrons. The smallest absolute Gasteiger partial charge is 0.342 e. The third-order valence-electron chi connectivity index (χ3n) is 4.56. The number of benzene rings is 2. The molecule has 0 aliphatic carbocycles. The van der Waals surface area contributed by atoms with Crippen molar-refractivity contribution in [2.75, 3.05) is 37.6 Å². The number of anilines is 3. The van der Waals surface area contributed by atoms with Gasteiger partial charge in [-0.1, -0.05) is 12.1 Å². The fourth-order valence-corrected chi connectivity index (χ4v) is 3.08. The molecule has 0 spiro atoms. The van der Waals surface area contributed by atoms with Crippen molar-refractivity contribution in [1.82, 2.24) is 4.98 Å². The summed E-state index contributed by atoms with van der Waals surface area (Å²) in [6, 6.07) is 15.5. The maximum absolute atomic E-state index is 12.7. The van der Waals surface area contributed by atoms with Crippen LogP contribution in [-0.4, -0.2) is 43.8 Å². The molecule has 3 rings (SSSR count). The van der Waals surface area contributed by atoms with Crippen LogP contribution in [0.4, 0.5) is 17.2 Å². The largest absolute Gasteiger partial charge is 0.495 e. The first-order valence-electron chi connectivity index (χ1n) is 10.8. The highest BCUT2D eigenvalue weighted by Gasteiger charge is 2.17. The molecule has 1 amide bonds. The van der Waals surface area contributed by atoms with E-state index < -0.39 is 18.5 Å². The maximum Gasteiger partial charge on any atom is 0.342 e. The van der Waals surface area contributed by atoms with Crippen LogP contribution < -0.4 is 24.8 Å². The molecule has 2 aromatic carbocycles. The van der Waals surface area contributed by atoms with Gasteiger partial charge >= 0.3 is 5.97 Å². The van der Waals surface area contributed by atoms with Crippen LogP contribution >= 0.6 is 0 Å². The van der Waals surface area contributed by atoms with Crippen LogP contribution in [0.1, 0.15) is 24.2 Å². The number of carbonyl (C=O) groups is 2. The highest BCUT2D eigenvalue weighted by atomic mass is 16.5. The van der Waals surface area contributed by atoms with Crippen molar-refractivity contribution in [3.05, 3.63) is 66.4 Å². The second kappa shape index (κ2) is 12.1. The van der Waals surface area contributed by atoms with Crippen molar-refractivity contribution in [3.63, 3.8) is 0 Å². The Morgan fingerprint density at radius 3 is 2.47 bits per heavy atom. The molecule has 0 saturated heterocycles. The van der Waals surface area contributed by atoms with Gasteiger partial charge in [0.15, 0.2) is 6.61 Å². The summed E-state index contributed by atoms with van der Waals surface area (Å²) in [4.78, 5) is 29.4. The minimum absolute atomic E-state index is 0.176. The number of para-hydroxylation sites is 2. The number of carbonyl (C=O) groups excluding carboxylic acids is 2. The number of rotatable bonds is 11. The zero-order valence-corrected chi connectivity index (χ0v) is 19.3. The summed E-state index contributed by atoms with van der Waals surface area (Å²) < 4.78 is 21.6. The molecular weight excluding hydrogens is 438 g/mol. The Kier molecular flexibility index (Phi) is 8.67. The molecule has 34 heavy (non-hydrogen) atoms. The average molecular weight is 466 g/mol. The van der Waals surface area contributed by atoms with E-state index in [0.29, 0.717) is 41.8 Å². The summed E-state index contributed by atoms with van der Waals surface area (Å²) in [7, 11) is 1.55. The fraction of sp³-hybridized carbons (Fsp3) is 0.240. The molecule has 0 fully saturated rings. The molecule has 0 saturated carbocycles. The van der Waals surface area contributed by atoms with Gasteiger partial charge in [-0.05, 0) is 50.2 Å². The van der Waals surface area contributed by atoms with E-state index in [-0.39, 0.29) is 11.4 Å². The molecule has 1 aromatic heterocycles. The van der Waals surface area contributed by atoms with Gasteiger partial charge in [-0.25, -0.2) is 9.78 Å². The van der Waals surface area contributed by atoms with Gasteiger partial charge in [0.1, 0.15) is 28.6 Å². The van der Waals surface area contributed by atoms with Crippen molar-refractivity contribution < 1.29 is 28.5 Å². The average Bonchev–Trinajstić information content (AvgIpc) is 2.85. The van der Waals surface area contributed by atoms with E-state index in [4.69, 9.17) is 18.9 Å². The number of amides is 1. The van der Waals surface area contributed by atoms with Crippen LogP contribution in [-0.2, 0) is 9.53 Å². The molecule has 2 N–H and O–H groups in total. The summed E-state index contributed by atoms with van der Waals surface area (Å²) in [5, 5.41) is 5.77. The first-order chi connectivity index (χ1) is 16.5. The van der Waals surface area contributed by atoms with Crippen LogP contribution in [0.25, 0.3) is 0 Å². The molecule has 178 valence electrons. The summed E-state index contributed by atoms with van der Waals surface area (Å²) >= 11 is 0. The molecule has 0 aliphatic rings. The van der Waals surface area contributed by atoms with E-state index in [1.165, 1.54) is 0 Å². The van der Waals surface area contributed by atoms with Crippen LogP contribution in [0.2, 0.25) is 0 Å². The standard InChI is InChI=1S/C25H27N3O6/c1-4-32-17-12-13-22(33-5-2)20(15-17)27-23(29)16-34-25(30)18-9-8-14-26-24(18)28-19-10-6-7-11-21(19)31-3/h6-15H,4-5,16H2,1-3H3,(H,26,28)(H,27,29). The topological polar surface area (TPSA) is 108 Å². The Bertz CT molecular complexity index is 1140. The Morgan fingerprint density at radius 1 is 0.912 bits per heavy atom. The Labute approximate surface area is 198 Å². The van der Waals surface area contributed by atoms with Crippen LogP contribution in [0.3, 0.4) is 0 Å². The number of nitrogens with zero attached hydrogens (tertiary/aromatic N) is 1. The van der Waals surface area contributed by atoms with E-state index in [2.05, 4.69) is 15.6 Å². The molecule has 9 nitrogen and oxygen atoms in total. The van der Waals surface area contributed by atoms with Gasteiger partial charge in [-0.15, -0.1) is 0 Å². The van der Waals surface area contributed by atoms with Crippen LogP contribution in [0, 0.1) is 0 Å². The number of esters is 1. The molecular formula is C25H27N3O6. The van der Waals surface area contributed by atoms with Gasteiger partial charge in [-0.3, -0.25) is 4.79 Å². The van der Waals surface area contributed by atoms with Crippen molar-refractivity contribution in [2.24, 2.45) is 0 Å². The summed E-state index contributed by atoms with van der Waals surface area (Å²) in [5.41, 5.74) is 1.23. The van der Waals surface area contributed by atoms with Gasteiger partial charge in [0.2, 0.25) is 0 Å². The minimum Gasteiger partial charge on any atom is -0.495 e. The third-order valence-corrected chi connectivity index (χ3v) is 4.56. The van der Waals surface area contributed by atoms with Crippen LogP contribution in [0.15, 0.2) is 60.8 Å². The molecule has 0 atom stereocenters. The Balaban J connectivity index is 1.67. The van der Waals surface area contributed by atoms with Gasteiger partial charge in [0.05, 0.1) is 31.7 Å². The number of hydrogen-bond donors (Lipinski definition) is 2. The van der Waals surface area contributed by atoms with Crippen molar-refractivity contribution in [2.45, 2.75) is 13.8 Å². The quantitative estimate of drug-likeness (QED) is 0.401. The van der Waals surface area contributed by atoms with Gasteiger partial charge < -0.3 is 29.6 Å². The lowest BCUT2D eigenvalue weighted by molar-refractivity contribution is -0.119. The lowest BCUT2D eigenvalue weighted by Gasteiger charge is -2.14. The predicted molar refractivity (Wildman–Crippen MR) is 128 cm³/mol. The normalized spacial score (nSPS) is 10.2. The second-order valence-electron chi connectivity index (χ2n) is 6.87. The first-order valence-corrected chi connectivity index (χ1v) is 10.8. The fourth-order valence-electron chi connectivity index (χ4n) is 3.08. The molecule has 1 heterocycles. The number of nitrogens with one attached hydrogen (secondary N) is 2. The Hall–Kier alpha value is -4.27. The predicted octanol–water partition coefficient (Wildman–Crippen LogP) is 4.43. The van der Waals surface area contributed by atoms with Crippen LogP contribution in [0.5, 0.6) is 17.2 Å². The minimum atomic E-state index is -0.700. The highest BCUT2D eigenvalue weighted by Crippen LogP contribution is 2.30. The monoisotopic (exact) mass is 465 g/mol. The van der Waals surface area contributed by atoms with Crippen molar-refractivity contribution >= 4 is 29.1 Å². The maximum atomic E-state index is 12.7. The van der Waals surface area contributed by atoms with Crippen molar-refractivity contribution in [1.29, 1.82) is 0 Å². The number of methoxy groups -OCH3 is 1. The van der Waals surface area contributed by atoms with E-state index >= 15 is 0 Å². The van der Waals surface area contributed by atoms with E-state index in [1.807, 2.05) is 26.0 Å². The van der Waals surface area contributed by atoms with E-state index in [9.17, 15) is 9.59 Å². The number of ether oxygens (including phenoxy) is 4.